The number of benzene rings is 2. The lowest BCUT2D eigenvalue weighted by molar-refractivity contribution is -0.126. The fourth-order valence-corrected chi connectivity index (χ4v) is 4.98. The first-order valence-corrected chi connectivity index (χ1v) is 15.4. The number of Topliss-reactive ketones (excluding diaryl/α,β-unsaturated/α-hetero) is 1. The Hall–Kier alpha value is -4.78. The molecular weight excluding hydrogens is 590 g/mol. The Labute approximate surface area is 269 Å². The number of urea groups is 1. The van der Waals surface area contributed by atoms with Crippen molar-refractivity contribution >= 4 is 35.4 Å². The predicted molar refractivity (Wildman–Crippen MR) is 174 cm³/mol. The van der Waals surface area contributed by atoms with Crippen molar-refractivity contribution < 1.29 is 28.7 Å². The van der Waals surface area contributed by atoms with Crippen LogP contribution in [0.2, 0.25) is 0 Å². The fourth-order valence-electron chi connectivity index (χ4n) is 4.98. The van der Waals surface area contributed by atoms with Gasteiger partial charge in [-0.25, -0.2) is 15.0 Å². The van der Waals surface area contributed by atoms with Crippen LogP contribution in [0, 0.1) is 0 Å². The Morgan fingerprint density at radius 3 is 2.09 bits per heavy atom. The maximum atomic E-state index is 13.6. The SMILES string of the molecule is CCCC(NC(=O)[C@@H]1C[C@@H](N)CN1C(=O)OC(C)(C)C)C(=NNC(=O)NC(c1ccccc1)c1ccccc1)C(=O)NCC(C)=O. The Morgan fingerprint density at radius 2 is 1.57 bits per heavy atom. The van der Waals surface area contributed by atoms with Gasteiger partial charge in [0.05, 0.1) is 18.6 Å². The summed E-state index contributed by atoms with van der Waals surface area (Å²) in [5.74, 6) is -1.60. The Kier molecular flexibility index (Phi) is 12.8. The van der Waals surface area contributed by atoms with E-state index in [0.29, 0.717) is 6.42 Å². The second-order valence-electron chi connectivity index (χ2n) is 12.2. The second-order valence-corrected chi connectivity index (χ2v) is 12.2. The summed E-state index contributed by atoms with van der Waals surface area (Å²) in [7, 11) is 0. The van der Waals surface area contributed by atoms with E-state index in [-0.39, 0.29) is 37.4 Å². The minimum absolute atomic E-state index is 0.122. The molecule has 0 aliphatic carbocycles. The van der Waals surface area contributed by atoms with Crippen molar-refractivity contribution in [2.45, 2.75) is 83.6 Å². The first-order valence-electron chi connectivity index (χ1n) is 15.4. The highest BCUT2D eigenvalue weighted by atomic mass is 16.6. The molecule has 6 N–H and O–H groups in total. The van der Waals surface area contributed by atoms with Crippen molar-refractivity contribution in [1.29, 1.82) is 0 Å². The van der Waals surface area contributed by atoms with Crippen LogP contribution in [0.5, 0.6) is 0 Å². The molecule has 1 saturated heterocycles. The molecule has 1 fully saturated rings. The lowest BCUT2D eigenvalue weighted by atomic mass is 9.99. The molecule has 1 heterocycles. The molecule has 5 amide bonds. The largest absolute Gasteiger partial charge is 0.444 e. The van der Waals surface area contributed by atoms with Gasteiger partial charge in [0.25, 0.3) is 5.91 Å². The first-order chi connectivity index (χ1) is 21.8. The summed E-state index contributed by atoms with van der Waals surface area (Å²) in [4.78, 5) is 65.9. The van der Waals surface area contributed by atoms with Gasteiger partial charge in [0, 0.05) is 12.6 Å². The summed E-state index contributed by atoms with van der Waals surface area (Å²) in [6, 6.07) is 15.1. The zero-order chi connectivity index (χ0) is 33.9. The van der Waals surface area contributed by atoms with Gasteiger partial charge in [-0.05, 0) is 51.7 Å². The molecular formula is C33H45N7O6. The van der Waals surface area contributed by atoms with Crippen LogP contribution in [-0.4, -0.2) is 77.1 Å². The number of likely N-dealkylation sites (tertiary alicyclic amines) is 1. The van der Waals surface area contributed by atoms with Gasteiger partial charge in [-0.15, -0.1) is 0 Å². The molecule has 0 saturated carbocycles. The Balaban J connectivity index is 1.86. The predicted octanol–water partition coefficient (Wildman–Crippen LogP) is 2.76. The van der Waals surface area contributed by atoms with Gasteiger partial charge >= 0.3 is 12.1 Å². The van der Waals surface area contributed by atoms with E-state index in [1.807, 2.05) is 67.6 Å². The maximum Gasteiger partial charge on any atom is 0.411 e. The standard InChI is InChI=1S/C33H45N7O6/c1-6-13-25(36-29(42)26-18-24(34)20-40(26)32(45)46-33(3,4)5)28(30(43)35-19-21(2)41)38-39-31(44)37-27(22-14-9-7-10-15-22)23-16-11-8-12-17-23/h7-12,14-17,24-27H,6,13,18-20,34H2,1-5H3,(H,35,43)(H,36,42)(H2,37,39,44)/t24-,25?,26+/m1/s1. The number of nitrogens with two attached hydrogens (primary N) is 1. The lowest BCUT2D eigenvalue weighted by Crippen LogP contribution is -2.54. The monoisotopic (exact) mass is 635 g/mol. The second kappa shape index (κ2) is 16.5. The van der Waals surface area contributed by atoms with Crippen LogP contribution in [0.25, 0.3) is 0 Å². The van der Waals surface area contributed by atoms with Crippen LogP contribution in [0.4, 0.5) is 9.59 Å². The van der Waals surface area contributed by atoms with Crippen LogP contribution in [0.1, 0.15) is 71.0 Å². The van der Waals surface area contributed by atoms with E-state index in [2.05, 4.69) is 26.5 Å². The number of ketones is 1. The highest BCUT2D eigenvalue weighted by Crippen LogP contribution is 2.22. The lowest BCUT2D eigenvalue weighted by Gasteiger charge is -2.29. The van der Waals surface area contributed by atoms with Gasteiger partial charge in [0.1, 0.15) is 23.1 Å². The number of hydrogen-bond acceptors (Lipinski definition) is 8. The third-order valence-corrected chi connectivity index (χ3v) is 7.04. The van der Waals surface area contributed by atoms with E-state index in [4.69, 9.17) is 10.5 Å². The van der Waals surface area contributed by atoms with Crippen molar-refractivity contribution in [3.63, 3.8) is 0 Å². The molecule has 46 heavy (non-hydrogen) atoms. The van der Waals surface area contributed by atoms with Crippen molar-refractivity contribution in [3.05, 3.63) is 71.8 Å². The van der Waals surface area contributed by atoms with Crippen LogP contribution in [0.3, 0.4) is 0 Å². The third-order valence-electron chi connectivity index (χ3n) is 7.04. The Morgan fingerprint density at radius 1 is 0.978 bits per heavy atom. The average Bonchev–Trinajstić information content (AvgIpc) is 3.41. The van der Waals surface area contributed by atoms with Crippen LogP contribution >= 0.6 is 0 Å². The number of ether oxygens (including phenoxy) is 1. The van der Waals surface area contributed by atoms with Crippen LogP contribution in [-0.2, 0) is 19.1 Å². The number of nitrogens with zero attached hydrogens (tertiary/aromatic N) is 2. The number of rotatable bonds is 12. The van der Waals surface area contributed by atoms with Crippen molar-refractivity contribution in [2.75, 3.05) is 13.1 Å². The van der Waals surface area contributed by atoms with Crippen molar-refractivity contribution in [2.24, 2.45) is 10.8 Å². The van der Waals surface area contributed by atoms with E-state index < -0.39 is 53.7 Å². The van der Waals surface area contributed by atoms with E-state index in [0.717, 1.165) is 11.1 Å². The third kappa shape index (κ3) is 10.7. The molecule has 0 radical (unpaired) electrons. The molecule has 0 aromatic heterocycles. The molecule has 13 nitrogen and oxygen atoms in total. The van der Waals surface area contributed by atoms with Gasteiger partial charge in [-0.2, -0.15) is 5.10 Å². The summed E-state index contributed by atoms with van der Waals surface area (Å²) in [6.45, 7) is 8.19. The van der Waals surface area contributed by atoms with Crippen LogP contribution < -0.4 is 27.1 Å². The summed E-state index contributed by atoms with van der Waals surface area (Å²) >= 11 is 0. The highest BCUT2D eigenvalue weighted by Gasteiger charge is 2.41. The smallest absolute Gasteiger partial charge is 0.411 e. The zero-order valence-corrected chi connectivity index (χ0v) is 27.0. The summed E-state index contributed by atoms with van der Waals surface area (Å²) in [5, 5.41) is 12.3. The molecule has 2 aromatic carbocycles. The fraction of sp³-hybridized carbons (Fsp3) is 0.455. The number of hydrazone groups is 1. The number of carbonyl (C=O) groups excluding carboxylic acids is 5. The summed E-state index contributed by atoms with van der Waals surface area (Å²) < 4.78 is 5.48. The molecule has 13 heteroatoms. The van der Waals surface area contributed by atoms with E-state index >= 15 is 0 Å². The first kappa shape index (κ1) is 35.7. The van der Waals surface area contributed by atoms with E-state index in [1.165, 1.54) is 11.8 Å². The molecule has 248 valence electrons. The summed E-state index contributed by atoms with van der Waals surface area (Å²) in [5.41, 5.74) is 9.18. The number of nitrogens with one attached hydrogen (secondary N) is 4. The number of hydrogen-bond donors (Lipinski definition) is 5. The number of amides is 5. The molecule has 1 aliphatic heterocycles. The van der Waals surface area contributed by atoms with E-state index in [1.54, 1.807) is 20.8 Å². The van der Waals surface area contributed by atoms with Gasteiger partial charge in [-0.3, -0.25) is 19.3 Å². The van der Waals surface area contributed by atoms with Crippen LogP contribution in [0.15, 0.2) is 65.8 Å². The quantitative estimate of drug-likeness (QED) is 0.175. The molecule has 3 atom stereocenters. The zero-order valence-electron chi connectivity index (χ0n) is 27.0. The van der Waals surface area contributed by atoms with Crippen molar-refractivity contribution in [3.8, 4) is 0 Å². The highest BCUT2D eigenvalue weighted by molar-refractivity contribution is 6.41. The molecule has 1 unspecified atom stereocenters. The van der Waals surface area contributed by atoms with Gasteiger partial charge in [0.2, 0.25) is 5.91 Å². The maximum absolute atomic E-state index is 13.6. The van der Waals surface area contributed by atoms with E-state index in [9.17, 15) is 24.0 Å². The molecule has 0 bridgehead atoms. The minimum Gasteiger partial charge on any atom is -0.444 e. The van der Waals surface area contributed by atoms with Gasteiger partial charge in [0.15, 0.2) is 0 Å². The molecule has 1 aliphatic rings. The molecule has 0 spiro atoms. The van der Waals surface area contributed by atoms with Gasteiger partial charge in [-0.1, -0.05) is 74.0 Å². The topological polar surface area (TPSA) is 184 Å². The normalized spacial score (nSPS) is 17.2. The number of carbonyl (C=O) groups is 5. The molecule has 2 aromatic rings. The summed E-state index contributed by atoms with van der Waals surface area (Å²) in [6.07, 6.45) is 0.308. The minimum atomic E-state index is -0.971. The molecule has 3 rings (SSSR count). The Bertz CT molecular complexity index is 1350. The average molecular weight is 636 g/mol. The van der Waals surface area contributed by atoms with Gasteiger partial charge < -0.3 is 26.4 Å². The van der Waals surface area contributed by atoms with Crippen molar-refractivity contribution in [1.82, 2.24) is 26.3 Å².